The second-order valence-electron chi connectivity index (χ2n) is 4.43. The van der Waals surface area contributed by atoms with E-state index in [0.717, 1.165) is 0 Å². The third-order valence-corrected chi connectivity index (χ3v) is 4.63. The molecule has 0 atom stereocenters. The van der Waals surface area contributed by atoms with E-state index >= 15 is 0 Å². The van der Waals surface area contributed by atoms with Crippen LogP contribution in [0.15, 0.2) is 47.4 Å². The Morgan fingerprint density at radius 1 is 1.05 bits per heavy atom. The second kappa shape index (κ2) is 6.66. The minimum absolute atomic E-state index is 0.0202. The van der Waals surface area contributed by atoms with Gasteiger partial charge < -0.3 is 5.11 Å². The van der Waals surface area contributed by atoms with Gasteiger partial charge in [-0.25, -0.2) is 17.9 Å². The van der Waals surface area contributed by atoms with Crippen molar-refractivity contribution in [2.75, 3.05) is 0 Å². The zero-order valence-corrected chi connectivity index (χ0v) is 13.4. The van der Waals surface area contributed by atoms with Crippen molar-refractivity contribution in [3.8, 4) is 0 Å². The molecule has 0 amide bonds. The number of carboxylic acid groups (broad SMARTS) is 1. The number of halogens is 2. The summed E-state index contributed by atoms with van der Waals surface area (Å²) in [6, 6.07) is 9.91. The van der Waals surface area contributed by atoms with E-state index in [1.807, 2.05) is 0 Å². The van der Waals surface area contributed by atoms with Gasteiger partial charge in [0.2, 0.25) is 10.0 Å². The van der Waals surface area contributed by atoms with Crippen molar-refractivity contribution in [3.05, 3.63) is 63.6 Å². The molecule has 0 saturated carbocycles. The standard InChI is InChI=1S/C14H11Cl2NO4S/c15-11-5-12(16)7-13(6-11)22(20,21)17-8-9-1-3-10(4-2-9)14(18)19/h1-7,17H,8H2,(H,18,19). The number of rotatable bonds is 5. The van der Waals surface area contributed by atoms with Gasteiger partial charge in [-0.3, -0.25) is 0 Å². The van der Waals surface area contributed by atoms with Gasteiger partial charge in [-0.15, -0.1) is 0 Å². The van der Waals surface area contributed by atoms with Crippen molar-refractivity contribution < 1.29 is 18.3 Å². The normalized spacial score (nSPS) is 11.4. The summed E-state index contributed by atoms with van der Waals surface area (Å²) < 4.78 is 26.7. The third-order valence-electron chi connectivity index (χ3n) is 2.81. The fourth-order valence-electron chi connectivity index (χ4n) is 1.71. The highest BCUT2D eigenvalue weighted by Gasteiger charge is 2.15. The van der Waals surface area contributed by atoms with Crippen LogP contribution in [0.1, 0.15) is 15.9 Å². The molecule has 2 aromatic carbocycles. The fourth-order valence-corrected chi connectivity index (χ4v) is 3.45. The molecule has 0 unspecified atom stereocenters. The van der Waals surface area contributed by atoms with Crippen LogP contribution in [0.2, 0.25) is 10.0 Å². The maximum Gasteiger partial charge on any atom is 0.335 e. The topological polar surface area (TPSA) is 83.5 Å². The molecule has 2 rings (SSSR count). The minimum atomic E-state index is -3.77. The van der Waals surface area contributed by atoms with Crippen LogP contribution in [0.3, 0.4) is 0 Å². The molecule has 0 saturated heterocycles. The van der Waals surface area contributed by atoms with Crippen LogP contribution in [0.4, 0.5) is 0 Å². The van der Waals surface area contributed by atoms with Gasteiger partial charge in [0.1, 0.15) is 0 Å². The number of aromatic carboxylic acids is 1. The van der Waals surface area contributed by atoms with Crippen molar-refractivity contribution in [2.24, 2.45) is 0 Å². The molecule has 0 aliphatic heterocycles. The Kier molecular flexibility index (Phi) is 5.08. The largest absolute Gasteiger partial charge is 0.478 e. The Morgan fingerprint density at radius 2 is 1.59 bits per heavy atom. The zero-order chi connectivity index (χ0) is 16.3. The number of sulfonamides is 1. The Labute approximate surface area is 137 Å². The lowest BCUT2D eigenvalue weighted by Crippen LogP contribution is -2.23. The van der Waals surface area contributed by atoms with Crippen LogP contribution in [-0.4, -0.2) is 19.5 Å². The van der Waals surface area contributed by atoms with Gasteiger partial charge in [0.15, 0.2) is 0 Å². The van der Waals surface area contributed by atoms with Gasteiger partial charge >= 0.3 is 5.97 Å². The van der Waals surface area contributed by atoms with Crippen molar-refractivity contribution in [2.45, 2.75) is 11.4 Å². The first-order chi connectivity index (χ1) is 10.3. The Morgan fingerprint density at radius 3 is 2.09 bits per heavy atom. The maximum absolute atomic E-state index is 12.2. The highest BCUT2D eigenvalue weighted by atomic mass is 35.5. The number of hydrogen-bond acceptors (Lipinski definition) is 3. The van der Waals surface area contributed by atoms with E-state index < -0.39 is 16.0 Å². The summed E-state index contributed by atoms with van der Waals surface area (Å²) in [5.74, 6) is -1.04. The number of hydrogen-bond donors (Lipinski definition) is 2. The van der Waals surface area contributed by atoms with E-state index in [-0.39, 0.29) is 27.0 Å². The molecule has 2 N–H and O–H groups in total. The molecule has 0 aliphatic carbocycles. The molecule has 22 heavy (non-hydrogen) atoms. The second-order valence-corrected chi connectivity index (χ2v) is 7.07. The van der Waals surface area contributed by atoms with Crippen molar-refractivity contribution in [3.63, 3.8) is 0 Å². The van der Waals surface area contributed by atoms with Gasteiger partial charge in [0.25, 0.3) is 0 Å². The minimum Gasteiger partial charge on any atom is -0.478 e. The van der Waals surface area contributed by atoms with E-state index in [4.69, 9.17) is 28.3 Å². The molecule has 0 heterocycles. The summed E-state index contributed by atoms with van der Waals surface area (Å²) in [7, 11) is -3.77. The van der Waals surface area contributed by atoms with Crippen molar-refractivity contribution in [1.29, 1.82) is 0 Å². The summed E-state index contributed by atoms with van der Waals surface area (Å²) in [6.45, 7) is 0.0202. The molecule has 0 spiro atoms. The predicted octanol–water partition coefficient (Wildman–Crippen LogP) is 3.17. The van der Waals surface area contributed by atoms with Crippen LogP contribution >= 0.6 is 23.2 Å². The summed E-state index contributed by atoms with van der Waals surface area (Å²) in [5.41, 5.74) is 0.759. The van der Waals surface area contributed by atoms with E-state index in [1.54, 1.807) is 0 Å². The number of nitrogens with one attached hydrogen (secondary N) is 1. The van der Waals surface area contributed by atoms with E-state index in [0.29, 0.717) is 5.56 Å². The smallest absolute Gasteiger partial charge is 0.335 e. The molecule has 0 radical (unpaired) electrons. The zero-order valence-electron chi connectivity index (χ0n) is 11.1. The predicted molar refractivity (Wildman–Crippen MR) is 83.9 cm³/mol. The quantitative estimate of drug-likeness (QED) is 0.858. The average molecular weight is 360 g/mol. The van der Waals surface area contributed by atoms with E-state index in [1.165, 1.54) is 42.5 Å². The summed E-state index contributed by atoms with van der Waals surface area (Å²) in [5, 5.41) is 9.24. The van der Waals surface area contributed by atoms with Gasteiger partial charge in [-0.2, -0.15) is 0 Å². The molecule has 5 nitrogen and oxygen atoms in total. The van der Waals surface area contributed by atoms with Gasteiger partial charge in [-0.05, 0) is 35.9 Å². The molecule has 0 aromatic heterocycles. The first kappa shape index (κ1) is 16.8. The fraction of sp³-hybridized carbons (Fsp3) is 0.0714. The van der Waals surface area contributed by atoms with Crippen molar-refractivity contribution >= 4 is 39.2 Å². The van der Waals surface area contributed by atoms with Crippen molar-refractivity contribution in [1.82, 2.24) is 4.72 Å². The van der Waals surface area contributed by atoms with Crippen LogP contribution < -0.4 is 4.72 Å². The van der Waals surface area contributed by atoms with Gasteiger partial charge in [0.05, 0.1) is 10.5 Å². The molecule has 2 aromatic rings. The average Bonchev–Trinajstić information content (AvgIpc) is 2.44. The molecular formula is C14H11Cl2NO4S. The lowest BCUT2D eigenvalue weighted by atomic mass is 10.1. The Balaban J connectivity index is 2.14. The van der Waals surface area contributed by atoms with Crippen LogP contribution in [0.25, 0.3) is 0 Å². The molecule has 0 aliphatic rings. The lowest BCUT2D eigenvalue weighted by Gasteiger charge is -2.08. The molecule has 0 bridgehead atoms. The monoisotopic (exact) mass is 359 g/mol. The summed E-state index contributed by atoms with van der Waals surface area (Å²) >= 11 is 11.6. The number of carboxylic acids is 1. The number of carbonyl (C=O) groups is 1. The Bertz CT molecular complexity index is 784. The maximum atomic E-state index is 12.2. The summed E-state index contributed by atoms with van der Waals surface area (Å²) in [4.78, 5) is 10.7. The van der Waals surface area contributed by atoms with Crippen LogP contribution in [0.5, 0.6) is 0 Å². The number of benzene rings is 2. The SMILES string of the molecule is O=C(O)c1ccc(CNS(=O)(=O)c2cc(Cl)cc(Cl)c2)cc1. The summed E-state index contributed by atoms with van der Waals surface area (Å²) in [6.07, 6.45) is 0. The lowest BCUT2D eigenvalue weighted by molar-refractivity contribution is 0.0697. The van der Waals surface area contributed by atoms with E-state index in [2.05, 4.69) is 4.72 Å². The van der Waals surface area contributed by atoms with E-state index in [9.17, 15) is 13.2 Å². The first-order valence-electron chi connectivity index (χ1n) is 6.06. The molecule has 0 fully saturated rings. The molecule has 116 valence electrons. The highest BCUT2D eigenvalue weighted by Crippen LogP contribution is 2.22. The molecule has 8 heteroatoms. The highest BCUT2D eigenvalue weighted by molar-refractivity contribution is 7.89. The first-order valence-corrected chi connectivity index (χ1v) is 8.30. The van der Waals surface area contributed by atoms with Crippen LogP contribution in [0, 0.1) is 0 Å². The molecular weight excluding hydrogens is 349 g/mol. The van der Waals surface area contributed by atoms with Crippen LogP contribution in [-0.2, 0) is 16.6 Å². The van der Waals surface area contributed by atoms with Gasteiger partial charge in [0, 0.05) is 16.6 Å². The third kappa shape index (κ3) is 4.20. The Hall–Kier alpha value is -1.60. The van der Waals surface area contributed by atoms with Gasteiger partial charge in [-0.1, -0.05) is 35.3 Å².